The topological polar surface area (TPSA) is 55.1 Å². The molecule has 0 radical (unpaired) electrons. The van der Waals surface area contributed by atoms with Gasteiger partial charge in [-0.1, -0.05) is 43.1 Å². The third-order valence-electron chi connectivity index (χ3n) is 4.25. The summed E-state index contributed by atoms with van der Waals surface area (Å²) in [6, 6.07) is 5.77. The summed E-state index contributed by atoms with van der Waals surface area (Å²) in [7, 11) is 0. The minimum atomic E-state index is -0.204. The zero-order valence-corrected chi connectivity index (χ0v) is 15.2. The molecule has 3 N–H and O–H groups in total. The summed E-state index contributed by atoms with van der Waals surface area (Å²) in [6.07, 6.45) is 2.62. The van der Waals surface area contributed by atoms with Crippen LogP contribution in [0.2, 0.25) is 10.0 Å². The normalized spacial score (nSPS) is 21.3. The molecular weight excluding hydrogens is 343 g/mol. The molecule has 0 aliphatic heterocycles. The minimum Gasteiger partial charge on any atom is -0.355 e. The lowest BCUT2D eigenvalue weighted by molar-refractivity contribution is -0.125. The van der Waals surface area contributed by atoms with Gasteiger partial charge in [-0.3, -0.25) is 4.79 Å². The van der Waals surface area contributed by atoms with Gasteiger partial charge < -0.3 is 11.1 Å². The summed E-state index contributed by atoms with van der Waals surface area (Å²) >= 11 is 12.0. The Morgan fingerprint density at radius 1 is 1.32 bits per heavy atom. The highest BCUT2D eigenvalue weighted by molar-refractivity contribution is 6.42. The maximum Gasteiger partial charge on any atom is 0.223 e. The van der Waals surface area contributed by atoms with E-state index in [1.54, 1.807) is 6.07 Å². The third-order valence-corrected chi connectivity index (χ3v) is 4.99. The molecule has 1 aromatic rings. The summed E-state index contributed by atoms with van der Waals surface area (Å²) < 4.78 is 0. The molecule has 1 amide bonds. The van der Waals surface area contributed by atoms with Gasteiger partial charge in [-0.2, -0.15) is 0 Å². The molecule has 1 aliphatic carbocycles. The summed E-state index contributed by atoms with van der Waals surface area (Å²) in [5.41, 5.74) is 6.71. The van der Waals surface area contributed by atoms with Crippen molar-refractivity contribution in [2.75, 3.05) is 6.54 Å². The number of nitrogens with one attached hydrogen (secondary N) is 1. The van der Waals surface area contributed by atoms with E-state index in [2.05, 4.69) is 19.2 Å². The Bertz CT molecular complexity index is 534. The molecule has 2 unspecified atom stereocenters. The highest BCUT2D eigenvalue weighted by Gasteiger charge is 2.29. The molecule has 1 aliphatic rings. The number of hydrogen-bond donors (Lipinski definition) is 2. The average Bonchev–Trinajstić information content (AvgIpc) is 2.86. The van der Waals surface area contributed by atoms with E-state index in [9.17, 15) is 4.79 Å². The predicted molar refractivity (Wildman–Crippen MR) is 95.1 cm³/mol. The van der Waals surface area contributed by atoms with Gasteiger partial charge >= 0.3 is 0 Å². The van der Waals surface area contributed by atoms with Crippen LogP contribution in [0.25, 0.3) is 0 Å². The molecule has 1 saturated carbocycles. The van der Waals surface area contributed by atoms with Gasteiger partial charge in [0.15, 0.2) is 0 Å². The fourth-order valence-corrected chi connectivity index (χ4v) is 3.02. The lowest BCUT2D eigenvalue weighted by Gasteiger charge is -2.27. The van der Waals surface area contributed by atoms with Gasteiger partial charge in [0.1, 0.15) is 0 Å². The molecule has 2 atom stereocenters. The van der Waals surface area contributed by atoms with E-state index in [1.807, 2.05) is 12.1 Å². The number of carbonyl (C=O) groups is 1. The van der Waals surface area contributed by atoms with Gasteiger partial charge in [0.05, 0.1) is 10.0 Å². The number of hydrogen-bond acceptors (Lipinski definition) is 2. The van der Waals surface area contributed by atoms with Crippen molar-refractivity contribution >= 4 is 41.5 Å². The van der Waals surface area contributed by atoms with E-state index in [1.165, 1.54) is 0 Å². The molecule has 124 valence electrons. The van der Waals surface area contributed by atoms with Crippen molar-refractivity contribution in [3.63, 3.8) is 0 Å². The smallest absolute Gasteiger partial charge is 0.223 e. The van der Waals surface area contributed by atoms with E-state index in [4.69, 9.17) is 28.9 Å². The first-order valence-corrected chi connectivity index (χ1v) is 8.04. The highest BCUT2D eigenvalue weighted by Crippen LogP contribution is 2.30. The molecule has 0 spiro atoms. The standard InChI is InChI=1S/C16H22Cl2N2O.ClH/c1-16(2,11-4-6-13(17)14(18)8-11)9-20-15(21)10-3-5-12(19)7-10;/h4,6,8,10,12H,3,5,7,9,19H2,1-2H3,(H,20,21);1H. The average molecular weight is 366 g/mol. The molecule has 0 aromatic heterocycles. The number of rotatable bonds is 4. The number of amides is 1. The first-order valence-electron chi connectivity index (χ1n) is 7.28. The molecule has 1 fully saturated rings. The fraction of sp³-hybridized carbons (Fsp3) is 0.562. The zero-order valence-electron chi connectivity index (χ0n) is 12.9. The Balaban J connectivity index is 0.00000242. The lowest BCUT2D eigenvalue weighted by atomic mass is 9.84. The van der Waals surface area contributed by atoms with Gasteiger partial charge in [-0.05, 0) is 37.0 Å². The predicted octanol–water partition coefficient (Wildman–Crippen LogP) is 3.94. The number of benzene rings is 1. The SMILES string of the molecule is CC(C)(CNC(=O)C1CCC(N)C1)c1ccc(Cl)c(Cl)c1.Cl. The van der Waals surface area contributed by atoms with Gasteiger partial charge in [-0.15, -0.1) is 12.4 Å². The van der Waals surface area contributed by atoms with Gasteiger partial charge in [0.25, 0.3) is 0 Å². The van der Waals surface area contributed by atoms with Crippen LogP contribution >= 0.6 is 35.6 Å². The Kier molecular flexibility index (Phi) is 7.00. The molecule has 22 heavy (non-hydrogen) atoms. The van der Waals surface area contributed by atoms with Crippen LogP contribution in [0.1, 0.15) is 38.7 Å². The molecule has 0 bridgehead atoms. The maximum absolute atomic E-state index is 12.2. The van der Waals surface area contributed by atoms with Crippen LogP contribution in [0.15, 0.2) is 18.2 Å². The molecule has 0 saturated heterocycles. The van der Waals surface area contributed by atoms with Gasteiger partial charge in [-0.25, -0.2) is 0 Å². The second-order valence-corrected chi connectivity index (χ2v) is 7.32. The Morgan fingerprint density at radius 2 is 2.00 bits per heavy atom. The van der Waals surface area contributed by atoms with Gasteiger partial charge in [0, 0.05) is 23.9 Å². The summed E-state index contributed by atoms with van der Waals surface area (Å²) in [6.45, 7) is 4.72. The zero-order chi connectivity index (χ0) is 15.6. The second-order valence-electron chi connectivity index (χ2n) is 6.50. The first-order chi connectivity index (χ1) is 9.79. The quantitative estimate of drug-likeness (QED) is 0.849. The molecule has 0 heterocycles. The van der Waals surface area contributed by atoms with Crippen LogP contribution in [0, 0.1) is 5.92 Å². The fourth-order valence-electron chi connectivity index (χ4n) is 2.73. The van der Waals surface area contributed by atoms with Crippen molar-refractivity contribution in [2.45, 2.75) is 44.6 Å². The number of halogens is 3. The molecular formula is C16H23Cl3N2O. The van der Waals surface area contributed by atoms with Crippen molar-refractivity contribution in [2.24, 2.45) is 11.7 Å². The van der Waals surface area contributed by atoms with Crippen molar-refractivity contribution < 1.29 is 4.79 Å². The van der Waals surface area contributed by atoms with E-state index >= 15 is 0 Å². The minimum absolute atomic E-state index is 0. The molecule has 2 rings (SSSR count). The van der Waals surface area contributed by atoms with Crippen molar-refractivity contribution in [1.29, 1.82) is 0 Å². The van der Waals surface area contributed by atoms with E-state index in [0.717, 1.165) is 24.8 Å². The summed E-state index contributed by atoms with van der Waals surface area (Å²) in [4.78, 5) is 12.2. The first kappa shape index (κ1) is 19.6. The molecule has 3 nitrogen and oxygen atoms in total. The number of carbonyl (C=O) groups excluding carboxylic acids is 1. The Hall–Kier alpha value is -0.480. The van der Waals surface area contributed by atoms with Crippen LogP contribution in [0.5, 0.6) is 0 Å². The lowest BCUT2D eigenvalue weighted by Crippen LogP contribution is -2.39. The van der Waals surface area contributed by atoms with E-state index in [-0.39, 0.29) is 35.7 Å². The molecule has 1 aromatic carbocycles. The van der Waals surface area contributed by atoms with Crippen LogP contribution < -0.4 is 11.1 Å². The maximum atomic E-state index is 12.2. The largest absolute Gasteiger partial charge is 0.355 e. The second kappa shape index (κ2) is 7.87. The molecule has 6 heteroatoms. The van der Waals surface area contributed by atoms with Gasteiger partial charge in [0.2, 0.25) is 5.91 Å². The van der Waals surface area contributed by atoms with Crippen LogP contribution in [-0.4, -0.2) is 18.5 Å². The summed E-state index contributed by atoms with van der Waals surface area (Å²) in [5, 5.41) is 4.13. The van der Waals surface area contributed by atoms with Crippen molar-refractivity contribution in [1.82, 2.24) is 5.32 Å². The van der Waals surface area contributed by atoms with Crippen LogP contribution in [-0.2, 0) is 10.2 Å². The highest BCUT2D eigenvalue weighted by atomic mass is 35.5. The third kappa shape index (κ3) is 4.76. The van der Waals surface area contributed by atoms with Crippen LogP contribution in [0.4, 0.5) is 0 Å². The van der Waals surface area contributed by atoms with E-state index < -0.39 is 0 Å². The van der Waals surface area contributed by atoms with Crippen LogP contribution in [0.3, 0.4) is 0 Å². The van der Waals surface area contributed by atoms with E-state index in [0.29, 0.717) is 16.6 Å². The Labute approximate surface area is 148 Å². The Morgan fingerprint density at radius 3 is 2.55 bits per heavy atom. The van der Waals surface area contributed by atoms with Crippen molar-refractivity contribution in [3.05, 3.63) is 33.8 Å². The number of nitrogens with two attached hydrogens (primary N) is 1. The summed E-state index contributed by atoms with van der Waals surface area (Å²) in [5.74, 6) is 0.167. The monoisotopic (exact) mass is 364 g/mol. The van der Waals surface area contributed by atoms with Crippen molar-refractivity contribution in [3.8, 4) is 0 Å².